The van der Waals surface area contributed by atoms with Crippen LogP contribution in [0, 0.1) is 0 Å². The molecule has 66 valence electrons. The first-order valence-electron chi connectivity index (χ1n) is 4.62. The number of aromatic nitrogens is 3. The highest BCUT2D eigenvalue weighted by Gasteiger charge is 2.13. The zero-order valence-electron chi connectivity index (χ0n) is 7.29. The minimum Gasteiger partial charge on any atom is -0.351 e. The molecule has 2 heterocycles. The van der Waals surface area contributed by atoms with Gasteiger partial charge in [0.1, 0.15) is 12.4 Å². The van der Waals surface area contributed by atoms with Gasteiger partial charge in [-0.1, -0.05) is 6.42 Å². The van der Waals surface area contributed by atoms with E-state index in [9.17, 15) is 0 Å². The Morgan fingerprint density at radius 3 is 3.00 bits per heavy atom. The monoisotopic (exact) mass is 167 g/mol. The molecule has 0 aliphatic carbocycles. The molecule has 0 aromatic carbocycles. The van der Waals surface area contributed by atoms with Crippen LogP contribution in [0.3, 0.4) is 0 Å². The van der Waals surface area contributed by atoms with Gasteiger partial charge in [0.2, 0.25) is 0 Å². The first kappa shape index (κ1) is 7.73. The van der Waals surface area contributed by atoms with Crippen LogP contribution >= 0.6 is 0 Å². The lowest BCUT2D eigenvalue weighted by atomic mass is 10.2. The van der Waals surface area contributed by atoms with E-state index in [0.29, 0.717) is 0 Å². The number of quaternary nitrogens is 1. The van der Waals surface area contributed by atoms with Gasteiger partial charge in [-0.2, -0.15) is 0 Å². The largest absolute Gasteiger partial charge is 0.351 e. The molecule has 1 aliphatic heterocycles. The predicted octanol–water partition coefficient (Wildman–Crippen LogP) is -0.254. The van der Waals surface area contributed by atoms with E-state index >= 15 is 0 Å². The quantitative estimate of drug-likeness (QED) is 0.627. The Bertz CT molecular complexity index is 266. The summed E-state index contributed by atoms with van der Waals surface area (Å²) < 4.78 is 2.24. The highest BCUT2D eigenvalue weighted by Crippen LogP contribution is 2.13. The molecule has 0 unspecified atom stereocenters. The molecular weight excluding hydrogens is 152 g/mol. The van der Waals surface area contributed by atoms with Crippen LogP contribution in [0.5, 0.6) is 0 Å². The maximum atomic E-state index is 4.16. The fourth-order valence-electron chi connectivity index (χ4n) is 1.73. The van der Waals surface area contributed by atoms with Gasteiger partial charge in [-0.25, -0.2) is 0 Å². The first-order chi connectivity index (χ1) is 5.92. The van der Waals surface area contributed by atoms with Gasteiger partial charge in [0.15, 0.2) is 5.82 Å². The lowest BCUT2D eigenvalue weighted by molar-refractivity contribution is -0.389. The van der Waals surface area contributed by atoms with E-state index in [1.165, 1.54) is 19.3 Å². The van der Waals surface area contributed by atoms with Crippen LogP contribution < -0.4 is 5.73 Å². The van der Waals surface area contributed by atoms with E-state index < -0.39 is 0 Å². The summed E-state index contributed by atoms with van der Waals surface area (Å²) in [6.45, 7) is 1.85. The Hall–Kier alpha value is -0.900. The van der Waals surface area contributed by atoms with Gasteiger partial charge in [-0.3, -0.25) is 0 Å². The standard InChI is InChI=1S/C8H14N4/c9-6-8-11-10-7-4-2-1-3-5-12(7)8/h1-6,9H2/p+1. The third-order valence-corrected chi connectivity index (χ3v) is 2.41. The average molecular weight is 167 g/mol. The predicted molar refractivity (Wildman–Crippen MR) is 44.2 cm³/mol. The average Bonchev–Trinajstić information content (AvgIpc) is 2.33. The van der Waals surface area contributed by atoms with E-state index in [1.54, 1.807) is 0 Å². The number of nitrogens with zero attached hydrogens (tertiary/aromatic N) is 3. The summed E-state index contributed by atoms with van der Waals surface area (Å²) in [5.41, 5.74) is 3.84. The normalized spacial score (nSPS) is 17.1. The summed E-state index contributed by atoms with van der Waals surface area (Å²) >= 11 is 0. The first-order valence-corrected chi connectivity index (χ1v) is 4.62. The molecule has 2 rings (SSSR count). The Morgan fingerprint density at radius 2 is 2.17 bits per heavy atom. The molecule has 4 nitrogen and oxygen atoms in total. The Kier molecular flexibility index (Phi) is 2.08. The second-order valence-corrected chi connectivity index (χ2v) is 3.24. The SMILES string of the molecule is [NH3+]Cc1nnc2n1CCCCC2. The van der Waals surface area contributed by atoms with Crippen molar-refractivity contribution in [2.24, 2.45) is 0 Å². The van der Waals surface area contributed by atoms with Crippen molar-refractivity contribution in [1.29, 1.82) is 0 Å². The minimum absolute atomic E-state index is 0.757. The van der Waals surface area contributed by atoms with Gasteiger partial charge in [0, 0.05) is 13.0 Å². The summed E-state index contributed by atoms with van der Waals surface area (Å²) in [5, 5.41) is 8.27. The third kappa shape index (κ3) is 1.22. The number of fused-ring (bicyclic) bond motifs is 1. The zero-order chi connectivity index (χ0) is 8.39. The molecule has 4 heteroatoms. The zero-order valence-corrected chi connectivity index (χ0v) is 7.29. The van der Waals surface area contributed by atoms with Crippen molar-refractivity contribution >= 4 is 0 Å². The van der Waals surface area contributed by atoms with Gasteiger partial charge < -0.3 is 10.3 Å². The molecule has 0 atom stereocenters. The van der Waals surface area contributed by atoms with Crippen molar-refractivity contribution in [1.82, 2.24) is 14.8 Å². The second kappa shape index (κ2) is 3.23. The molecule has 0 amide bonds. The van der Waals surface area contributed by atoms with Crippen LogP contribution in [0.1, 0.15) is 30.9 Å². The van der Waals surface area contributed by atoms with E-state index in [1.807, 2.05) is 0 Å². The topological polar surface area (TPSA) is 58.4 Å². The maximum absolute atomic E-state index is 4.16. The minimum atomic E-state index is 0.757. The number of aryl methyl sites for hydroxylation is 1. The maximum Gasteiger partial charge on any atom is 0.188 e. The van der Waals surface area contributed by atoms with Crippen LogP contribution in [0.15, 0.2) is 0 Å². The van der Waals surface area contributed by atoms with Crippen molar-refractivity contribution in [3.05, 3.63) is 11.6 Å². The molecule has 0 spiro atoms. The van der Waals surface area contributed by atoms with Crippen LogP contribution in [0.4, 0.5) is 0 Å². The fourth-order valence-corrected chi connectivity index (χ4v) is 1.73. The fraction of sp³-hybridized carbons (Fsp3) is 0.750. The number of hydrogen-bond donors (Lipinski definition) is 1. The van der Waals surface area contributed by atoms with Crippen molar-refractivity contribution in [3.8, 4) is 0 Å². The molecule has 0 saturated heterocycles. The summed E-state index contributed by atoms with van der Waals surface area (Å²) in [4.78, 5) is 0. The highest BCUT2D eigenvalue weighted by molar-refractivity contribution is 4.96. The van der Waals surface area contributed by atoms with E-state index in [-0.39, 0.29) is 0 Å². The highest BCUT2D eigenvalue weighted by atomic mass is 15.3. The summed E-state index contributed by atoms with van der Waals surface area (Å²) in [6, 6.07) is 0. The molecule has 0 radical (unpaired) electrons. The molecule has 3 N–H and O–H groups in total. The van der Waals surface area contributed by atoms with Gasteiger partial charge in [0.05, 0.1) is 0 Å². The molecule has 0 fully saturated rings. The smallest absolute Gasteiger partial charge is 0.188 e. The third-order valence-electron chi connectivity index (χ3n) is 2.41. The van der Waals surface area contributed by atoms with Crippen molar-refractivity contribution < 1.29 is 5.73 Å². The molecule has 1 aromatic rings. The van der Waals surface area contributed by atoms with Crippen LogP contribution in [-0.2, 0) is 19.5 Å². The molecule has 1 aliphatic rings. The Morgan fingerprint density at radius 1 is 1.25 bits per heavy atom. The van der Waals surface area contributed by atoms with Gasteiger partial charge in [-0.15, -0.1) is 10.2 Å². The van der Waals surface area contributed by atoms with Crippen LogP contribution in [0.2, 0.25) is 0 Å². The Balaban J connectivity index is 2.32. The van der Waals surface area contributed by atoms with Crippen molar-refractivity contribution in [3.63, 3.8) is 0 Å². The van der Waals surface area contributed by atoms with Crippen LogP contribution in [-0.4, -0.2) is 14.8 Å². The van der Waals surface area contributed by atoms with Crippen LogP contribution in [0.25, 0.3) is 0 Å². The van der Waals surface area contributed by atoms with E-state index in [0.717, 1.165) is 31.2 Å². The van der Waals surface area contributed by atoms with Crippen molar-refractivity contribution in [2.75, 3.05) is 0 Å². The summed E-state index contributed by atoms with van der Waals surface area (Å²) in [7, 11) is 0. The lowest BCUT2D eigenvalue weighted by Gasteiger charge is -2.02. The number of rotatable bonds is 1. The van der Waals surface area contributed by atoms with E-state index in [2.05, 4.69) is 20.5 Å². The molecule has 0 saturated carbocycles. The van der Waals surface area contributed by atoms with Gasteiger partial charge in [0.25, 0.3) is 0 Å². The Labute approximate surface area is 71.8 Å². The molecule has 12 heavy (non-hydrogen) atoms. The molecule has 0 bridgehead atoms. The van der Waals surface area contributed by atoms with Gasteiger partial charge >= 0.3 is 0 Å². The molecular formula is C8H15N4+. The van der Waals surface area contributed by atoms with Crippen molar-refractivity contribution in [2.45, 2.75) is 38.8 Å². The molecule has 1 aromatic heterocycles. The van der Waals surface area contributed by atoms with E-state index in [4.69, 9.17) is 0 Å². The summed E-state index contributed by atoms with van der Waals surface area (Å²) in [6.07, 6.45) is 4.93. The summed E-state index contributed by atoms with van der Waals surface area (Å²) in [5.74, 6) is 2.21. The second-order valence-electron chi connectivity index (χ2n) is 3.24. The number of hydrogen-bond acceptors (Lipinski definition) is 2. The van der Waals surface area contributed by atoms with Gasteiger partial charge in [-0.05, 0) is 12.8 Å². The lowest BCUT2D eigenvalue weighted by Crippen LogP contribution is -2.48.